The van der Waals surface area contributed by atoms with E-state index in [-0.39, 0.29) is 0 Å². The van der Waals surface area contributed by atoms with Crippen LogP contribution in [0.1, 0.15) is 12.0 Å². The predicted octanol–water partition coefficient (Wildman–Crippen LogP) is 4.40. The molecule has 0 spiro atoms. The van der Waals surface area contributed by atoms with Gasteiger partial charge in [-0.05, 0) is 30.3 Å². The van der Waals surface area contributed by atoms with E-state index >= 15 is 0 Å². The van der Waals surface area contributed by atoms with Crippen LogP contribution in [0.2, 0.25) is 5.02 Å². The van der Waals surface area contributed by atoms with Gasteiger partial charge in [-0.15, -0.1) is 0 Å². The van der Waals surface area contributed by atoms with Gasteiger partial charge in [-0.1, -0.05) is 29.8 Å². The molecule has 0 saturated heterocycles. The molecule has 5 nitrogen and oxygen atoms in total. The number of hydrogen-bond acceptors (Lipinski definition) is 5. The van der Waals surface area contributed by atoms with E-state index in [1.54, 1.807) is 30.3 Å². The fourth-order valence-corrected chi connectivity index (χ4v) is 2.45. The Morgan fingerprint density at radius 2 is 1.91 bits per heavy atom. The number of aliphatic imine (C=N–C) groups is 1. The molecule has 2 aromatic carbocycles. The van der Waals surface area contributed by atoms with Gasteiger partial charge in [0.2, 0.25) is 11.7 Å². The Morgan fingerprint density at radius 1 is 1.14 bits per heavy atom. The van der Waals surface area contributed by atoms with Gasteiger partial charge in [-0.25, -0.2) is 4.79 Å². The molecule has 1 unspecified atom stereocenters. The molecule has 0 radical (unpaired) electrons. The van der Waals surface area contributed by atoms with Gasteiger partial charge >= 0.3 is 0 Å². The molecular weight excluding hydrogens is 302 g/mol. The van der Waals surface area contributed by atoms with Crippen molar-refractivity contribution in [3.63, 3.8) is 0 Å². The number of azo groups is 1. The maximum absolute atomic E-state index is 10.9. The van der Waals surface area contributed by atoms with Crippen LogP contribution in [-0.4, -0.2) is 12.7 Å². The molecule has 1 aliphatic heterocycles. The maximum Gasteiger partial charge on any atom is 0.237 e. The summed E-state index contributed by atoms with van der Waals surface area (Å²) in [6.45, 7) is 0.405. The molecule has 1 heterocycles. The minimum atomic E-state index is -1.09. The second-order valence-corrected chi connectivity index (χ2v) is 5.23. The molecule has 22 heavy (non-hydrogen) atoms. The highest BCUT2D eigenvalue weighted by Gasteiger charge is 2.38. The molecular formula is C16H12ClN3O2. The van der Waals surface area contributed by atoms with Crippen molar-refractivity contribution in [3.8, 4) is 5.75 Å². The zero-order valence-corrected chi connectivity index (χ0v) is 12.3. The number of fused-ring (bicyclic) bond motifs is 1. The van der Waals surface area contributed by atoms with E-state index in [0.717, 1.165) is 0 Å². The summed E-state index contributed by atoms with van der Waals surface area (Å²) in [5.74, 6) is 0.655. The number of halogens is 1. The Balaban J connectivity index is 2.03. The van der Waals surface area contributed by atoms with E-state index in [9.17, 15) is 4.79 Å². The van der Waals surface area contributed by atoms with Crippen LogP contribution in [0.4, 0.5) is 5.69 Å². The molecule has 1 aliphatic rings. The first-order valence-corrected chi connectivity index (χ1v) is 7.11. The van der Waals surface area contributed by atoms with E-state index in [2.05, 4.69) is 15.2 Å². The van der Waals surface area contributed by atoms with Crippen molar-refractivity contribution in [1.29, 1.82) is 0 Å². The standard InChI is InChI=1S/C16H12ClN3O2/c17-12-5-7-13(8-6-12)19-20-16(18-11-21)9-10-22-15-4-2-1-3-14(15)16/h1-8H,9-10H2. The van der Waals surface area contributed by atoms with Gasteiger partial charge in [-0.3, -0.25) is 0 Å². The third-order valence-electron chi connectivity index (χ3n) is 3.41. The number of isocyanates is 1. The summed E-state index contributed by atoms with van der Waals surface area (Å²) in [5, 5.41) is 9.14. The molecule has 0 fully saturated rings. The Kier molecular flexibility index (Phi) is 4.00. The van der Waals surface area contributed by atoms with Crippen molar-refractivity contribution in [1.82, 2.24) is 0 Å². The monoisotopic (exact) mass is 313 g/mol. The summed E-state index contributed by atoms with van der Waals surface area (Å²) in [6, 6.07) is 14.3. The average molecular weight is 314 g/mol. The molecule has 2 aromatic rings. The topological polar surface area (TPSA) is 63.4 Å². The molecule has 0 N–H and O–H groups in total. The predicted molar refractivity (Wildman–Crippen MR) is 82.3 cm³/mol. The Morgan fingerprint density at radius 3 is 2.68 bits per heavy atom. The number of nitrogens with zero attached hydrogens (tertiary/aromatic N) is 3. The Hall–Kier alpha value is -2.49. The first-order chi connectivity index (χ1) is 10.7. The summed E-state index contributed by atoms with van der Waals surface area (Å²) in [6.07, 6.45) is 2.04. The molecule has 0 saturated carbocycles. The number of carbonyl (C=O) groups excluding carboxylic acids is 1. The summed E-state index contributed by atoms with van der Waals surface area (Å²) < 4.78 is 5.58. The van der Waals surface area contributed by atoms with E-state index < -0.39 is 5.66 Å². The SMILES string of the molecule is O=C=NC1(N=Nc2ccc(Cl)cc2)CCOc2ccccc21. The summed E-state index contributed by atoms with van der Waals surface area (Å²) in [7, 11) is 0. The first kappa shape index (κ1) is 14.4. The van der Waals surface area contributed by atoms with Crippen LogP contribution < -0.4 is 4.74 Å². The van der Waals surface area contributed by atoms with Crippen molar-refractivity contribution in [2.75, 3.05) is 6.61 Å². The van der Waals surface area contributed by atoms with Crippen molar-refractivity contribution in [2.45, 2.75) is 12.1 Å². The smallest absolute Gasteiger partial charge is 0.237 e. The molecule has 3 rings (SSSR count). The van der Waals surface area contributed by atoms with Crippen molar-refractivity contribution in [2.24, 2.45) is 15.2 Å². The van der Waals surface area contributed by atoms with Crippen molar-refractivity contribution < 1.29 is 9.53 Å². The van der Waals surface area contributed by atoms with Crippen LogP contribution in [0.5, 0.6) is 5.75 Å². The largest absolute Gasteiger partial charge is 0.493 e. The molecule has 1 atom stereocenters. The lowest BCUT2D eigenvalue weighted by molar-refractivity contribution is 0.218. The van der Waals surface area contributed by atoms with E-state index in [0.29, 0.717) is 35.1 Å². The maximum atomic E-state index is 10.9. The summed E-state index contributed by atoms with van der Waals surface area (Å²) in [5.41, 5.74) is 0.257. The van der Waals surface area contributed by atoms with Gasteiger partial charge < -0.3 is 4.74 Å². The molecule has 6 heteroatoms. The molecule has 0 aromatic heterocycles. The average Bonchev–Trinajstić information content (AvgIpc) is 2.55. The minimum absolute atomic E-state index is 0.405. The normalized spacial score (nSPS) is 20.0. The van der Waals surface area contributed by atoms with Gasteiger partial charge in [-0.2, -0.15) is 15.2 Å². The lowest BCUT2D eigenvalue weighted by atomic mass is 9.94. The third-order valence-corrected chi connectivity index (χ3v) is 3.67. The number of rotatable bonds is 3. The van der Waals surface area contributed by atoms with Gasteiger partial charge in [0.25, 0.3) is 0 Å². The van der Waals surface area contributed by atoms with Crippen LogP contribution in [0, 0.1) is 0 Å². The summed E-state index contributed by atoms with van der Waals surface area (Å²) >= 11 is 5.85. The zero-order valence-electron chi connectivity index (χ0n) is 11.6. The third kappa shape index (κ3) is 2.77. The highest BCUT2D eigenvalue weighted by atomic mass is 35.5. The fourth-order valence-electron chi connectivity index (χ4n) is 2.33. The molecule has 0 aliphatic carbocycles. The quantitative estimate of drug-likeness (QED) is 0.479. The van der Waals surface area contributed by atoms with Gasteiger partial charge in [0.05, 0.1) is 12.3 Å². The van der Waals surface area contributed by atoms with Crippen LogP contribution in [0.3, 0.4) is 0 Å². The van der Waals surface area contributed by atoms with Gasteiger partial charge in [0.1, 0.15) is 5.75 Å². The first-order valence-electron chi connectivity index (χ1n) is 6.73. The highest BCUT2D eigenvalue weighted by Crippen LogP contribution is 2.41. The second-order valence-electron chi connectivity index (χ2n) is 4.79. The van der Waals surface area contributed by atoms with Crippen molar-refractivity contribution >= 4 is 23.4 Å². The van der Waals surface area contributed by atoms with Gasteiger partial charge in [0, 0.05) is 17.0 Å². The van der Waals surface area contributed by atoms with E-state index in [1.807, 2.05) is 24.3 Å². The van der Waals surface area contributed by atoms with Crippen LogP contribution in [0.25, 0.3) is 0 Å². The lowest BCUT2D eigenvalue weighted by Crippen LogP contribution is -2.28. The molecule has 110 valence electrons. The van der Waals surface area contributed by atoms with Crippen LogP contribution >= 0.6 is 11.6 Å². The van der Waals surface area contributed by atoms with Crippen LogP contribution in [-0.2, 0) is 10.5 Å². The number of hydrogen-bond donors (Lipinski definition) is 0. The number of ether oxygens (including phenoxy) is 1. The number of benzene rings is 2. The minimum Gasteiger partial charge on any atom is -0.493 e. The molecule has 0 amide bonds. The van der Waals surface area contributed by atoms with E-state index in [1.165, 1.54) is 0 Å². The second kappa shape index (κ2) is 6.10. The number of para-hydroxylation sites is 1. The highest BCUT2D eigenvalue weighted by molar-refractivity contribution is 6.30. The Bertz CT molecular complexity index is 754. The zero-order chi connectivity index (χ0) is 15.4. The fraction of sp³-hybridized carbons (Fsp3) is 0.188. The van der Waals surface area contributed by atoms with Crippen molar-refractivity contribution in [3.05, 3.63) is 59.1 Å². The van der Waals surface area contributed by atoms with Crippen LogP contribution in [0.15, 0.2) is 63.8 Å². The molecule has 0 bridgehead atoms. The Labute approximate surface area is 132 Å². The van der Waals surface area contributed by atoms with E-state index in [4.69, 9.17) is 16.3 Å². The van der Waals surface area contributed by atoms with Gasteiger partial charge in [0.15, 0.2) is 0 Å². The lowest BCUT2D eigenvalue weighted by Gasteiger charge is -2.29. The summed E-state index contributed by atoms with van der Waals surface area (Å²) in [4.78, 5) is 14.8.